The zero-order valence-electron chi connectivity index (χ0n) is 6.30. The average molecular weight is 248 g/mol. The molecule has 1 rings (SSSR count). The lowest BCUT2D eigenvalue weighted by Gasteiger charge is -1.97. The molecule has 0 atom stereocenters. The van der Waals surface area contributed by atoms with Gasteiger partial charge in [-0.1, -0.05) is 33.6 Å². The van der Waals surface area contributed by atoms with Gasteiger partial charge in [-0.2, -0.15) is 0 Å². The number of nitrogens with two attached hydrogens (primary N) is 1. The topological polar surface area (TPSA) is 38.9 Å². The van der Waals surface area contributed by atoms with Gasteiger partial charge < -0.3 is 5.73 Å². The van der Waals surface area contributed by atoms with Crippen LogP contribution in [0.15, 0.2) is 18.2 Å². The summed E-state index contributed by atoms with van der Waals surface area (Å²) in [7, 11) is 0. The molecule has 0 bridgehead atoms. The van der Waals surface area contributed by atoms with Crippen LogP contribution in [-0.4, -0.2) is 10.3 Å². The lowest BCUT2D eigenvalue weighted by molar-refractivity contribution is 1.30. The number of allylic oxidation sites excluding steroid dienone is 1. The fraction of sp³-hybridized carbons (Fsp3) is 0.125. The molecule has 1 aromatic rings. The minimum absolute atomic E-state index is 0.353. The number of nitrogens with zero attached hydrogens (tertiary/aromatic N) is 1. The van der Waals surface area contributed by atoms with Crippen LogP contribution in [0.25, 0.3) is 6.08 Å². The molecule has 64 valence electrons. The minimum Gasteiger partial charge on any atom is -0.396 e. The first-order chi connectivity index (χ1) is 5.74. The van der Waals surface area contributed by atoms with E-state index in [1.807, 2.05) is 18.2 Å². The van der Waals surface area contributed by atoms with Gasteiger partial charge >= 0.3 is 0 Å². The van der Waals surface area contributed by atoms with Crippen molar-refractivity contribution in [1.29, 1.82) is 0 Å². The summed E-state index contributed by atoms with van der Waals surface area (Å²) in [6.07, 6.45) is 3.81. The minimum atomic E-state index is 0.353. The fourth-order valence-corrected chi connectivity index (χ4v) is 1.06. The molecule has 1 aromatic heterocycles. The van der Waals surface area contributed by atoms with Gasteiger partial charge in [0.25, 0.3) is 0 Å². The maximum absolute atomic E-state index is 5.71. The van der Waals surface area contributed by atoms with Crippen molar-refractivity contribution in [2.75, 3.05) is 11.1 Å². The standard InChI is InChI=1S/C8H8BrClN2/c9-5-1-2-6-3-4-7(11)8(10)12-6/h1-4H,5,11H2. The maximum Gasteiger partial charge on any atom is 0.152 e. The molecule has 0 unspecified atom stereocenters. The van der Waals surface area contributed by atoms with E-state index in [-0.39, 0.29) is 0 Å². The zero-order chi connectivity index (χ0) is 8.97. The second-order valence-corrected chi connectivity index (χ2v) is 3.18. The van der Waals surface area contributed by atoms with Gasteiger partial charge in [0, 0.05) is 5.33 Å². The summed E-state index contributed by atoms with van der Waals surface area (Å²) in [4.78, 5) is 4.04. The van der Waals surface area contributed by atoms with Gasteiger partial charge in [0.15, 0.2) is 5.15 Å². The van der Waals surface area contributed by atoms with Gasteiger partial charge in [-0.15, -0.1) is 0 Å². The van der Waals surface area contributed by atoms with Crippen molar-refractivity contribution in [2.24, 2.45) is 0 Å². The van der Waals surface area contributed by atoms with E-state index >= 15 is 0 Å². The van der Waals surface area contributed by atoms with Crippen molar-refractivity contribution >= 4 is 39.3 Å². The predicted molar refractivity (Wildman–Crippen MR) is 56.5 cm³/mol. The van der Waals surface area contributed by atoms with Crippen LogP contribution in [0.1, 0.15) is 5.69 Å². The molecule has 12 heavy (non-hydrogen) atoms. The molecule has 0 radical (unpaired) electrons. The number of halogens is 2. The number of pyridine rings is 1. The molecular weight excluding hydrogens is 239 g/mol. The highest BCUT2D eigenvalue weighted by molar-refractivity contribution is 9.09. The van der Waals surface area contributed by atoms with Crippen molar-refractivity contribution in [3.05, 3.63) is 29.1 Å². The Hall–Kier alpha value is -0.540. The molecule has 2 N–H and O–H groups in total. The number of hydrogen-bond acceptors (Lipinski definition) is 2. The molecule has 0 saturated heterocycles. The van der Waals surface area contributed by atoms with E-state index in [0.29, 0.717) is 10.8 Å². The smallest absolute Gasteiger partial charge is 0.152 e. The predicted octanol–water partition coefficient (Wildman–Crippen LogP) is 2.73. The molecule has 0 aliphatic heterocycles. The third kappa shape index (κ3) is 2.50. The summed E-state index contributed by atoms with van der Waals surface area (Å²) in [6, 6.07) is 3.56. The first kappa shape index (κ1) is 9.55. The third-order valence-corrected chi connectivity index (χ3v) is 1.95. The summed E-state index contributed by atoms with van der Waals surface area (Å²) in [5, 5.41) is 1.16. The summed E-state index contributed by atoms with van der Waals surface area (Å²) < 4.78 is 0. The number of alkyl halides is 1. The van der Waals surface area contributed by atoms with Gasteiger partial charge in [0.05, 0.1) is 11.4 Å². The molecule has 0 amide bonds. The van der Waals surface area contributed by atoms with Crippen LogP contribution in [-0.2, 0) is 0 Å². The Labute approximate surface area is 84.6 Å². The highest BCUT2D eigenvalue weighted by Gasteiger charge is 1.96. The Morgan fingerprint density at radius 2 is 2.33 bits per heavy atom. The Morgan fingerprint density at radius 3 is 2.92 bits per heavy atom. The lowest BCUT2D eigenvalue weighted by atomic mass is 10.3. The quantitative estimate of drug-likeness (QED) is 0.645. The van der Waals surface area contributed by atoms with E-state index in [2.05, 4.69) is 20.9 Å². The van der Waals surface area contributed by atoms with Gasteiger partial charge in [-0.05, 0) is 18.2 Å². The Balaban J connectivity index is 2.89. The van der Waals surface area contributed by atoms with Crippen molar-refractivity contribution in [3.63, 3.8) is 0 Å². The summed E-state index contributed by atoms with van der Waals surface area (Å²) >= 11 is 8.98. The number of anilines is 1. The summed E-state index contributed by atoms with van der Waals surface area (Å²) in [5.41, 5.74) is 6.81. The molecule has 0 aromatic carbocycles. The van der Waals surface area contributed by atoms with E-state index in [9.17, 15) is 0 Å². The summed E-state index contributed by atoms with van der Waals surface area (Å²) in [6.45, 7) is 0. The molecular formula is C8H8BrClN2. The number of aromatic nitrogens is 1. The normalized spacial score (nSPS) is 10.8. The molecule has 0 aliphatic carbocycles. The second-order valence-electron chi connectivity index (χ2n) is 2.17. The van der Waals surface area contributed by atoms with Crippen molar-refractivity contribution < 1.29 is 0 Å². The van der Waals surface area contributed by atoms with E-state index in [0.717, 1.165) is 11.0 Å². The first-order valence-electron chi connectivity index (χ1n) is 3.38. The molecule has 0 spiro atoms. The molecule has 0 saturated carbocycles. The van der Waals surface area contributed by atoms with Gasteiger partial charge in [0.2, 0.25) is 0 Å². The Bertz CT molecular complexity index is 299. The van der Waals surface area contributed by atoms with Gasteiger partial charge in [-0.25, -0.2) is 4.98 Å². The molecule has 2 nitrogen and oxygen atoms in total. The van der Waals surface area contributed by atoms with Crippen molar-refractivity contribution in [2.45, 2.75) is 0 Å². The van der Waals surface area contributed by atoms with Crippen LogP contribution < -0.4 is 5.73 Å². The molecule has 4 heteroatoms. The highest BCUT2D eigenvalue weighted by Crippen LogP contribution is 2.15. The largest absolute Gasteiger partial charge is 0.396 e. The number of nitrogen functional groups attached to an aromatic ring is 1. The van der Waals surface area contributed by atoms with Crippen molar-refractivity contribution in [3.8, 4) is 0 Å². The van der Waals surface area contributed by atoms with E-state index in [1.54, 1.807) is 6.07 Å². The van der Waals surface area contributed by atoms with Crippen molar-refractivity contribution in [1.82, 2.24) is 4.98 Å². The van der Waals surface area contributed by atoms with E-state index < -0.39 is 0 Å². The zero-order valence-corrected chi connectivity index (χ0v) is 8.64. The Kier molecular flexibility index (Phi) is 3.56. The third-order valence-electron chi connectivity index (χ3n) is 1.28. The average Bonchev–Trinajstić information content (AvgIpc) is 2.07. The molecule has 0 fully saturated rings. The lowest BCUT2D eigenvalue weighted by Crippen LogP contribution is -1.90. The van der Waals surface area contributed by atoms with Crippen LogP contribution in [0.2, 0.25) is 5.15 Å². The van der Waals surface area contributed by atoms with Crippen LogP contribution in [0.4, 0.5) is 5.69 Å². The van der Waals surface area contributed by atoms with Crippen LogP contribution >= 0.6 is 27.5 Å². The van der Waals surface area contributed by atoms with Crippen LogP contribution in [0.3, 0.4) is 0 Å². The summed E-state index contributed by atoms with van der Waals surface area (Å²) in [5.74, 6) is 0. The molecule has 1 heterocycles. The maximum atomic E-state index is 5.71. The van der Waals surface area contributed by atoms with Gasteiger partial charge in [0.1, 0.15) is 0 Å². The van der Waals surface area contributed by atoms with E-state index in [1.165, 1.54) is 0 Å². The monoisotopic (exact) mass is 246 g/mol. The SMILES string of the molecule is Nc1ccc(C=CCBr)nc1Cl. The van der Waals surface area contributed by atoms with E-state index in [4.69, 9.17) is 17.3 Å². The van der Waals surface area contributed by atoms with Gasteiger partial charge in [-0.3, -0.25) is 0 Å². The Morgan fingerprint density at radius 1 is 1.58 bits per heavy atom. The second kappa shape index (κ2) is 4.48. The highest BCUT2D eigenvalue weighted by atomic mass is 79.9. The molecule has 0 aliphatic rings. The number of hydrogen-bond donors (Lipinski definition) is 1. The van der Waals surface area contributed by atoms with Crippen LogP contribution in [0, 0.1) is 0 Å². The van der Waals surface area contributed by atoms with Crippen LogP contribution in [0.5, 0.6) is 0 Å². The fourth-order valence-electron chi connectivity index (χ4n) is 0.717. The number of rotatable bonds is 2. The first-order valence-corrected chi connectivity index (χ1v) is 4.88.